The number of hydrogen-bond acceptors (Lipinski definition) is 5. The van der Waals surface area contributed by atoms with Gasteiger partial charge in [0.2, 0.25) is 5.91 Å². The average molecular weight is 519 g/mol. The summed E-state index contributed by atoms with van der Waals surface area (Å²) in [6, 6.07) is 11.7. The predicted octanol–water partition coefficient (Wildman–Crippen LogP) is 5.11. The van der Waals surface area contributed by atoms with Gasteiger partial charge in [-0.05, 0) is 73.4 Å². The Balaban J connectivity index is 1.13. The monoisotopic (exact) mass is 518 g/mol. The van der Waals surface area contributed by atoms with Crippen LogP contribution in [0.25, 0.3) is 0 Å². The fourth-order valence-electron chi connectivity index (χ4n) is 6.04. The lowest BCUT2D eigenvalue weighted by molar-refractivity contribution is -0.118. The Hall–Kier alpha value is -3.88. The number of carbonyl (C=O) groups excluding carboxylic acids is 2. The van der Waals surface area contributed by atoms with Crippen molar-refractivity contribution in [2.24, 2.45) is 0 Å². The number of ether oxygens (including phenoxy) is 1. The molecule has 2 aromatic heterocycles. The Morgan fingerprint density at radius 2 is 1.74 bits per heavy atom. The molecule has 38 heavy (non-hydrogen) atoms. The molecule has 9 heteroatoms. The van der Waals surface area contributed by atoms with E-state index in [1.165, 1.54) is 6.07 Å². The van der Waals surface area contributed by atoms with Crippen LogP contribution in [0.4, 0.5) is 19.3 Å². The molecule has 3 aromatic rings. The number of carbonyl (C=O) groups is 2. The number of rotatable bonds is 3. The van der Waals surface area contributed by atoms with Crippen LogP contribution in [0.5, 0.6) is 0 Å². The molecule has 0 bridgehead atoms. The van der Waals surface area contributed by atoms with E-state index in [9.17, 15) is 18.4 Å². The number of halogens is 2. The summed E-state index contributed by atoms with van der Waals surface area (Å²) in [5.41, 5.74) is 3.54. The number of nitrogens with zero attached hydrogens (tertiary/aromatic N) is 4. The number of hydrogen-bond donors (Lipinski definition) is 0. The lowest BCUT2D eigenvalue weighted by Crippen LogP contribution is -2.48. The molecule has 0 N–H and O–H groups in total. The average Bonchev–Trinajstić information content (AvgIpc) is 3.16. The first-order valence-corrected chi connectivity index (χ1v) is 13.1. The smallest absolute Gasteiger partial charge is 0.410 e. The summed E-state index contributed by atoms with van der Waals surface area (Å²) in [5.74, 6) is -1.88. The molecule has 1 saturated heterocycles. The highest BCUT2D eigenvalue weighted by Gasteiger charge is 2.37. The first-order chi connectivity index (χ1) is 18.5. The second kappa shape index (κ2) is 10.1. The second-order valence-electron chi connectivity index (χ2n) is 10.2. The van der Waals surface area contributed by atoms with E-state index in [1.54, 1.807) is 29.4 Å². The Morgan fingerprint density at radius 1 is 0.947 bits per heavy atom. The van der Waals surface area contributed by atoms with Crippen LogP contribution in [0, 0.1) is 11.6 Å². The number of benzene rings is 1. The van der Waals surface area contributed by atoms with Gasteiger partial charge in [0.25, 0.3) is 0 Å². The van der Waals surface area contributed by atoms with E-state index in [0.717, 1.165) is 23.0 Å². The normalized spacial score (nSPS) is 21.6. The highest BCUT2D eigenvalue weighted by atomic mass is 19.2. The van der Waals surface area contributed by atoms with Gasteiger partial charge in [-0.25, -0.2) is 13.6 Å². The van der Waals surface area contributed by atoms with Crippen molar-refractivity contribution < 1.29 is 23.1 Å². The molecule has 196 valence electrons. The SMILES string of the molecule is O=C(O[C@@H]1CC[C@@H](c2cccc(F)c2F)Cc2cccnc21)N1CCC(N2C(=O)Cc3ncccc32)CC1. The maximum atomic E-state index is 14.6. The van der Waals surface area contributed by atoms with Crippen molar-refractivity contribution in [1.29, 1.82) is 0 Å². The van der Waals surface area contributed by atoms with Crippen LogP contribution in [0.2, 0.25) is 0 Å². The summed E-state index contributed by atoms with van der Waals surface area (Å²) in [6.45, 7) is 0.948. The zero-order chi connectivity index (χ0) is 26.2. The maximum absolute atomic E-state index is 14.6. The minimum Gasteiger partial charge on any atom is -0.440 e. The minimum atomic E-state index is -0.861. The van der Waals surface area contributed by atoms with Crippen molar-refractivity contribution in [2.75, 3.05) is 18.0 Å². The third-order valence-electron chi connectivity index (χ3n) is 7.94. The molecule has 3 aliphatic rings. The van der Waals surface area contributed by atoms with Crippen LogP contribution >= 0.6 is 0 Å². The van der Waals surface area contributed by atoms with Gasteiger partial charge < -0.3 is 14.5 Å². The molecule has 7 nitrogen and oxygen atoms in total. The first kappa shape index (κ1) is 24.5. The lowest BCUT2D eigenvalue weighted by Gasteiger charge is -2.36. The summed E-state index contributed by atoms with van der Waals surface area (Å²) >= 11 is 0. The molecule has 0 saturated carbocycles. The van der Waals surface area contributed by atoms with E-state index in [-0.39, 0.29) is 17.9 Å². The number of fused-ring (bicyclic) bond motifs is 2. The van der Waals surface area contributed by atoms with Gasteiger partial charge >= 0.3 is 6.09 Å². The number of likely N-dealkylation sites (tertiary alicyclic amines) is 1. The van der Waals surface area contributed by atoms with Gasteiger partial charge in [-0.2, -0.15) is 0 Å². The van der Waals surface area contributed by atoms with Crippen molar-refractivity contribution in [3.05, 3.63) is 89.0 Å². The van der Waals surface area contributed by atoms with Gasteiger partial charge in [-0.15, -0.1) is 0 Å². The van der Waals surface area contributed by atoms with Crippen molar-refractivity contribution in [1.82, 2.24) is 14.9 Å². The number of anilines is 1. The molecule has 2 amide bonds. The second-order valence-corrected chi connectivity index (χ2v) is 10.2. The lowest BCUT2D eigenvalue weighted by atomic mass is 9.90. The first-order valence-electron chi connectivity index (χ1n) is 13.1. The summed E-state index contributed by atoms with van der Waals surface area (Å²) in [5, 5.41) is 0. The Labute approximate surface area is 219 Å². The molecule has 0 spiro atoms. The molecule has 1 aromatic carbocycles. The molecular formula is C29H28F2N4O3. The van der Waals surface area contributed by atoms with Crippen LogP contribution in [0.3, 0.4) is 0 Å². The highest BCUT2D eigenvalue weighted by molar-refractivity contribution is 6.01. The van der Waals surface area contributed by atoms with Crippen LogP contribution in [0.15, 0.2) is 54.9 Å². The summed E-state index contributed by atoms with van der Waals surface area (Å²) in [7, 11) is 0. The molecule has 6 rings (SSSR count). The Bertz CT molecular complexity index is 1380. The Kier molecular flexibility index (Phi) is 6.51. The van der Waals surface area contributed by atoms with Crippen LogP contribution in [-0.4, -0.2) is 46.0 Å². The Morgan fingerprint density at radius 3 is 2.58 bits per heavy atom. The van der Waals surface area contributed by atoms with E-state index in [2.05, 4.69) is 9.97 Å². The zero-order valence-corrected chi connectivity index (χ0v) is 20.9. The molecule has 1 fully saturated rings. The predicted molar refractivity (Wildman–Crippen MR) is 136 cm³/mol. The fourth-order valence-corrected chi connectivity index (χ4v) is 6.04. The minimum absolute atomic E-state index is 0.0131. The largest absolute Gasteiger partial charge is 0.440 e. The van der Waals surface area contributed by atoms with Gasteiger partial charge in [0.15, 0.2) is 11.6 Å². The maximum Gasteiger partial charge on any atom is 0.410 e. The third-order valence-corrected chi connectivity index (χ3v) is 7.94. The summed E-state index contributed by atoms with van der Waals surface area (Å²) in [4.78, 5) is 38.2. The van der Waals surface area contributed by atoms with E-state index >= 15 is 0 Å². The molecule has 4 heterocycles. The van der Waals surface area contributed by atoms with Crippen molar-refractivity contribution in [3.8, 4) is 0 Å². The van der Waals surface area contributed by atoms with Gasteiger partial charge in [0.1, 0.15) is 6.10 Å². The molecule has 2 aliphatic heterocycles. The van der Waals surface area contributed by atoms with Gasteiger partial charge in [-0.3, -0.25) is 14.8 Å². The molecule has 0 unspecified atom stereocenters. The molecular weight excluding hydrogens is 490 g/mol. The highest BCUT2D eigenvalue weighted by Crippen LogP contribution is 2.39. The third kappa shape index (κ3) is 4.50. The molecule has 0 radical (unpaired) electrons. The number of aromatic nitrogens is 2. The van der Waals surface area contributed by atoms with Gasteiger partial charge in [0.05, 0.1) is 23.5 Å². The van der Waals surface area contributed by atoms with Crippen LogP contribution in [-0.2, 0) is 22.4 Å². The molecule has 1 aliphatic carbocycles. The number of piperidine rings is 1. The summed E-state index contributed by atoms with van der Waals surface area (Å²) in [6.07, 6.45) is 5.45. The van der Waals surface area contributed by atoms with E-state index < -0.39 is 23.8 Å². The summed E-state index contributed by atoms with van der Waals surface area (Å²) < 4.78 is 34.5. The number of pyridine rings is 2. The topological polar surface area (TPSA) is 75.6 Å². The zero-order valence-electron chi connectivity index (χ0n) is 20.9. The number of amides is 2. The van der Waals surface area contributed by atoms with Gasteiger partial charge in [-0.1, -0.05) is 18.2 Å². The molecule has 2 atom stereocenters. The van der Waals surface area contributed by atoms with Crippen molar-refractivity contribution in [2.45, 2.75) is 56.6 Å². The fraction of sp³-hybridized carbons (Fsp3) is 0.379. The van der Waals surface area contributed by atoms with Gasteiger partial charge in [0, 0.05) is 31.5 Å². The van der Waals surface area contributed by atoms with Crippen LogP contribution in [0.1, 0.15) is 60.2 Å². The van der Waals surface area contributed by atoms with Crippen molar-refractivity contribution in [3.63, 3.8) is 0 Å². The standard InChI is InChI=1S/C29H28F2N4O3/c30-22-6-1-5-21(27(22)31)18-8-9-25(28-19(16-18)4-2-13-33-28)38-29(37)34-14-10-20(11-15-34)35-24-7-3-12-32-23(24)17-26(35)36/h1-7,12-13,18,20,25H,8-11,14-17H2/t18-,25-/m1/s1. The van der Waals surface area contributed by atoms with E-state index in [0.29, 0.717) is 62.9 Å². The quantitative estimate of drug-likeness (QED) is 0.451. The van der Waals surface area contributed by atoms with Crippen LogP contribution < -0.4 is 4.90 Å². The van der Waals surface area contributed by atoms with E-state index in [1.807, 2.05) is 23.1 Å². The van der Waals surface area contributed by atoms with E-state index in [4.69, 9.17) is 4.74 Å². The van der Waals surface area contributed by atoms with Crippen molar-refractivity contribution >= 4 is 17.7 Å².